The summed E-state index contributed by atoms with van der Waals surface area (Å²) in [6.07, 6.45) is 0.786. The van der Waals surface area contributed by atoms with Gasteiger partial charge in [0, 0.05) is 43.1 Å². The van der Waals surface area contributed by atoms with Gasteiger partial charge in [-0.2, -0.15) is 0 Å². The highest BCUT2D eigenvalue weighted by atomic mass is 35.5. The molecular weight excluding hydrogens is 477 g/mol. The van der Waals surface area contributed by atoms with Crippen LogP contribution in [0.3, 0.4) is 0 Å². The number of carbonyl (C=O) groups is 3. The Morgan fingerprint density at radius 2 is 1.65 bits per heavy atom. The predicted octanol–water partition coefficient (Wildman–Crippen LogP) is 3.99. The first kappa shape index (κ1) is 24.5. The average molecular weight is 504 g/mol. The zero-order valence-corrected chi connectivity index (χ0v) is 20.6. The number of likely N-dealkylation sites (tertiary alicyclic amines) is 1. The smallest absolute Gasteiger partial charge is 0.256 e. The van der Waals surface area contributed by atoms with Gasteiger partial charge in [-0.25, -0.2) is 0 Å². The molecule has 2 heterocycles. The summed E-state index contributed by atoms with van der Waals surface area (Å²) in [6.45, 7) is 4.60. The van der Waals surface area contributed by atoms with Crippen LogP contribution in [0, 0.1) is 0 Å². The van der Waals surface area contributed by atoms with Crippen molar-refractivity contribution in [2.24, 2.45) is 0 Å². The van der Waals surface area contributed by atoms with E-state index < -0.39 is 11.8 Å². The summed E-state index contributed by atoms with van der Waals surface area (Å²) in [5.74, 6) is -0.668. The van der Waals surface area contributed by atoms with Crippen LogP contribution in [0.1, 0.15) is 47.4 Å². The van der Waals surface area contributed by atoms with Gasteiger partial charge in [0.15, 0.2) is 0 Å². The summed E-state index contributed by atoms with van der Waals surface area (Å²) in [4.78, 5) is 42.9. The summed E-state index contributed by atoms with van der Waals surface area (Å²) >= 11 is 12.1. The molecule has 2 aliphatic heterocycles. The minimum Gasteiger partial charge on any atom is -0.353 e. The monoisotopic (exact) mass is 503 g/mol. The summed E-state index contributed by atoms with van der Waals surface area (Å²) in [5, 5.41) is 3.60. The molecule has 1 spiro atoms. The molecule has 0 radical (unpaired) electrons. The molecule has 0 saturated carbocycles. The van der Waals surface area contributed by atoms with E-state index in [1.807, 2.05) is 19.9 Å². The second kappa shape index (κ2) is 9.94. The lowest BCUT2D eigenvalue weighted by molar-refractivity contribution is -0.128. The van der Waals surface area contributed by atoms with Crippen molar-refractivity contribution in [2.45, 2.75) is 44.5 Å². The number of nitrogens with one attached hydrogen (secondary N) is 1. The quantitative estimate of drug-likeness (QED) is 0.683. The van der Waals surface area contributed by atoms with Crippen LogP contribution < -0.4 is 5.32 Å². The number of piperidine rings is 1. The lowest BCUT2D eigenvalue weighted by Gasteiger charge is -2.44. The van der Waals surface area contributed by atoms with Crippen LogP contribution in [-0.4, -0.2) is 65.0 Å². The number of amides is 3. The molecule has 2 aromatic rings. The number of hydrogen-bond acceptors (Lipinski definition) is 4. The van der Waals surface area contributed by atoms with Crippen molar-refractivity contribution >= 4 is 40.9 Å². The fraction of sp³-hybridized carbons (Fsp3) is 0.400. The minimum absolute atomic E-state index is 0.0663. The first-order valence-electron chi connectivity index (χ1n) is 11.3. The summed E-state index contributed by atoms with van der Waals surface area (Å²) < 4.78 is 6.19. The van der Waals surface area contributed by atoms with Gasteiger partial charge in [-0.1, -0.05) is 41.4 Å². The maximum absolute atomic E-state index is 13.6. The van der Waals surface area contributed by atoms with Crippen LogP contribution in [-0.2, 0) is 9.53 Å². The third-order valence-corrected chi connectivity index (χ3v) is 6.97. The van der Waals surface area contributed by atoms with E-state index in [9.17, 15) is 14.4 Å². The molecule has 7 nitrogen and oxygen atoms in total. The Morgan fingerprint density at radius 3 is 2.26 bits per heavy atom. The van der Waals surface area contributed by atoms with Crippen molar-refractivity contribution in [3.63, 3.8) is 0 Å². The van der Waals surface area contributed by atoms with Gasteiger partial charge < -0.3 is 15.0 Å². The predicted molar refractivity (Wildman–Crippen MR) is 130 cm³/mol. The van der Waals surface area contributed by atoms with Gasteiger partial charge in [0.2, 0.25) is 5.91 Å². The van der Waals surface area contributed by atoms with E-state index in [2.05, 4.69) is 5.32 Å². The van der Waals surface area contributed by atoms with Crippen LogP contribution in [0.4, 0.5) is 0 Å². The van der Waals surface area contributed by atoms with Gasteiger partial charge >= 0.3 is 0 Å². The van der Waals surface area contributed by atoms with Gasteiger partial charge in [-0.05, 0) is 44.2 Å². The molecule has 3 amide bonds. The van der Waals surface area contributed by atoms with Crippen molar-refractivity contribution in [3.8, 4) is 0 Å². The van der Waals surface area contributed by atoms with E-state index in [1.165, 1.54) is 0 Å². The molecule has 1 atom stereocenters. The molecule has 2 saturated heterocycles. The van der Waals surface area contributed by atoms with Crippen molar-refractivity contribution in [2.75, 3.05) is 19.7 Å². The third kappa shape index (κ3) is 4.78. The molecule has 4 rings (SSSR count). The Hall–Kier alpha value is -2.61. The first-order valence-corrected chi connectivity index (χ1v) is 12.0. The normalized spacial score (nSPS) is 19.5. The van der Waals surface area contributed by atoms with Gasteiger partial charge in [-0.3, -0.25) is 19.3 Å². The maximum atomic E-state index is 13.6. The maximum Gasteiger partial charge on any atom is 0.256 e. The highest BCUT2D eigenvalue weighted by Gasteiger charge is 2.54. The summed E-state index contributed by atoms with van der Waals surface area (Å²) in [7, 11) is 0. The standard InChI is InChI=1S/C25H27Cl2N3O4/c1-16(2)28-22(31)21-15-34-25(30(21)24(33)17-6-4-3-5-7-17)10-12-29(13-11-25)23(32)18-8-9-19(26)20(27)14-18/h3-9,14,16,21H,10-13,15H2,1-2H3,(H,28,31)/t21-/m1/s1. The number of halogens is 2. The minimum atomic E-state index is -0.958. The summed E-state index contributed by atoms with van der Waals surface area (Å²) in [6, 6.07) is 12.9. The molecule has 0 aromatic heterocycles. The van der Waals surface area contributed by atoms with E-state index in [4.69, 9.17) is 27.9 Å². The molecule has 34 heavy (non-hydrogen) atoms. The Balaban J connectivity index is 1.56. The molecule has 2 aliphatic rings. The van der Waals surface area contributed by atoms with Gasteiger partial charge in [0.05, 0.1) is 16.7 Å². The first-order chi connectivity index (χ1) is 16.2. The van der Waals surface area contributed by atoms with Gasteiger partial charge in [0.1, 0.15) is 11.8 Å². The number of rotatable bonds is 4. The fourth-order valence-electron chi connectivity index (χ4n) is 4.54. The number of ether oxygens (including phenoxy) is 1. The molecule has 1 N–H and O–H groups in total. The number of carbonyl (C=O) groups excluding carboxylic acids is 3. The summed E-state index contributed by atoms with van der Waals surface area (Å²) in [5.41, 5.74) is -0.0199. The van der Waals surface area contributed by atoms with Gasteiger partial charge in [-0.15, -0.1) is 0 Å². The van der Waals surface area contributed by atoms with Crippen LogP contribution in [0.2, 0.25) is 10.0 Å². The van der Waals surface area contributed by atoms with Gasteiger partial charge in [0.25, 0.3) is 11.8 Å². The molecule has 2 fully saturated rings. The average Bonchev–Trinajstić information content (AvgIpc) is 3.19. The van der Waals surface area contributed by atoms with E-state index >= 15 is 0 Å². The molecular formula is C25H27Cl2N3O4. The Kier molecular flexibility index (Phi) is 7.17. The number of hydrogen-bond donors (Lipinski definition) is 1. The molecule has 180 valence electrons. The number of nitrogens with zero attached hydrogens (tertiary/aromatic N) is 2. The zero-order valence-electron chi connectivity index (χ0n) is 19.1. The van der Waals surface area contributed by atoms with Crippen molar-refractivity contribution in [1.29, 1.82) is 0 Å². The Bertz CT molecular complexity index is 1080. The SMILES string of the molecule is CC(C)NC(=O)[C@H]1COC2(CCN(C(=O)c3ccc(Cl)c(Cl)c3)CC2)N1C(=O)c1ccccc1. The molecule has 2 aromatic carbocycles. The second-order valence-electron chi connectivity index (χ2n) is 8.90. The largest absolute Gasteiger partial charge is 0.353 e. The molecule has 0 aliphatic carbocycles. The van der Waals surface area contributed by atoms with E-state index in [1.54, 1.807) is 52.3 Å². The van der Waals surface area contributed by atoms with Crippen molar-refractivity contribution in [3.05, 3.63) is 69.7 Å². The lowest BCUT2D eigenvalue weighted by atomic mass is 9.96. The Morgan fingerprint density at radius 1 is 0.971 bits per heavy atom. The van der Waals surface area contributed by atoms with Crippen molar-refractivity contribution in [1.82, 2.24) is 15.1 Å². The molecule has 0 bridgehead atoms. The highest BCUT2D eigenvalue weighted by molar-refractivity contribution is 6.42. The second-order valence-corrected chi connectivity index (χ2v) is 9.71. The van der Waals surface area contributed by atoms with Crippen molar-refractivity contribution < 1.29 is 19.1 Å². The van der Waals surface area contributed by atoms with Crippen LogP contribution in [0.5, 0.6) is 0 Å². The molecule has 0 unspecified atom stereocenters. The highest BCUT2D eigenvalue weighted by Crippen LogP contribution is 2.39. The number of benzene rings is 2. The van der Waals surface area contributed by atoms with Crippen LogP contribution >= 0.6 is 23.2 Å². The molecule has 9 heteroatoms. The zero-order chi connectivity index (χ0) is 24.5. The van der Waals surface area contributed by atoms with E-state index in [0.29, 0.717) is 47.1 Å². The lowest BCUT2D eigenvalue weighted by Crippen LogP contribution is -2.60. The van der Waals surface area contributed by atoms with Crippen LogP contribution in [0.15, 0.2) is 48.5 Å². The third-order valence-electron chi connectivity index (χ3n) is 6.23. The fourth-order valence-corrected chi connectivity index (χ4v) is 4.84. The van der Waals surface area contributed by atoms with E-state index in [0.717, 1.165) is 0 Å². The van der Waals surface area contributed by atoms with E-state index in [-0.39, 0.29) is 30.4 Å². The Labute approximate surface area is 208 Å². The topological polar surface area (TPSA) is 79.0 Å². The van der Waals surface area contributed by atoms with Crippen LogP contribution in [0.25, 0.3) is 0 Å².